The third-order valence-electron chi connectivity index (χ3n) is 5.32. The van der Waals surface area contributed by atoms with Crippen LogP contribution in [0.1, 0.15) is 10.4 Å². The number of phenols is 1. The SMILES string of the molecule is O=C(O)c1cc(SNc2ccc(Oc3cccc4ccccc34)cc2)c2ccccc2c1O. The molecule has 5 aromatic rings. The number of rotatable bonds is 6. The first-order valence-corrected chi connectivity index (χ1v) is 11.1. The van der Waals surface area contributed by atoms with Crippen molar-refractivity contribution in [2.24, 2.45) is 0 Å². The third kappa shape index (κ3) is 4.16. The van der Waals surface area contributed by atoms with Crippen LogP contribution in [0.3, 0.4) is 0 Å². The van der Waals surface area contributed by atoms with Crippen LogP contribution in [-0.4, -0.2) is 16.2 Å². The highest BCUT2D eigenvalue weighted by Gasteiger charge is 2.16. The molecule has 0 saturated heterocycles. The van der Waals surface area contributed by atoms with Gasteiger partial charge in [0.15, 0.2) is 0 Å². The van der Waals surface area contributed by atoms with Gasteiger partial charge in [-0.3, -0.25) is 0 Å². The molecule has 0 amide bonds. The second-order valence-corrected chi connectivity index (χ2v) is 8.28. The van der Waals surface area contributed by atoms with Crippen LogP contribution in [0.2, 0.25) is 0 Å². The quantitative estimate of drug-likeness (QED) is 0.234. The smallest absolute Gasteiger partial charge is 0.339 e. The number of anilines is 1. The molecule has 33 heavy (non-hydrogen) atoms. The minimum atomic E-state index is -1.17. The molecule has 0 spiro atoms. The number of ether oxygens (including phenoxy) is 1. The fourth-order valence-electron chi connectivity index (χ4n) is 3.69. The zero-order chi connectivity index (χ0) is 22.8. The van der Waals surface area contributed by atoms with E-state index >= 15 is 0 Å². The highest BCUT2D eigenvalue weighted by molar-refractivity contribution is 8.00. The van der Waals surface area contributed by atoms with E-state index in [-0.39, 0.29) is 11.3 Å². The summed E-state index contributed by atoms with van der Waals surface area (Å²) in [6.07, 6.45) is 0. The fourth-order valence-corrected chi connectivity index (χ4v) is 4.52. The summed E-state index contributed by atoms with van der Waals surface area (Å²) in [5, 5.41) is 23.2. The lowest BCUT2D eigenvalue weighted by molar-refractivity contribution is 0.0693. The lowest BCUT2D eigenvalue weighted by Gasteiger charge is -2.12. The Morgan fingerprint density at radius 3 is 2.21 bits per heavy atom. The Bertz CT molecular complexity index is 1480. The molecule has 5 rings (SSSR count). The summed E-state index contributed by atoms with van der Waals surface area (Å²) in [5.41, 5.74) is 0.705. The van der Waals surface area contributed by atoms with Crippen LogP contribution in [-0.2, 0) is 0 Å². The molecule has 0 aliphatic carbocycles. The standard InChI is InChI=1S/C27H19NO4S/c29-26-22-10-4-3-9-21(22)25(16-23(26)27(30)31)33-28-18-12-14-19(15-13-18)32-24-11-5-7-17-6-1-2-8-20(17)24/h1-16,28-29H,(H,30,31). The molecule has 0 bridgehead atoms. The molecule has 3 N–H and O–H groups in total. The average molecular weight is 454 g/mol. The van der Waals surface area contributed by atoms with Crippen molar-refractivity contribution in [3.63, 3.8) is 0 Å². The number of aromatic carboxylic acids is 1. The van der Waals surface area contributed by atoms with E-state index in [0.717, 1.165) is 27.6 Å². The molecule has 0 heterocycles. The zero-order valence-corrected chi connectivity index (χ0v) is 18.2. The Morgan fingerprint density at radius 1 is 0.788 bits per heavy atom. The second kappa shape index (κ2) is 8.76. The van der Waals surface area contributed by atoms with Gasteiger partial charge in [0.1, 0.15) is 22.8 Å². The van der Waals surface area contributed by atoms with E-state index in [1.54, 1.807) is 12.1 Å². The summed E-state index contributed by atoms with van der Waals surface area (Å²) in [7, 11) is 0. The number of nitrogens with one attached hydrogen (secondary N) is 1. The molecule has 6 heteroatoms. The van der Waals surface area contributed by atoms with Crippen molar-refractivity contribution < 1.29 is 19.7 Å². The number of hydrogen-bond acceptors (Lipinski definition) is 5. The largest absolute Gasteiger partial charge is 0.506 e. The van der Waals surface area contributed by atoms with Crippen molar-refractivity contribution in [2.45, 2.75) is 4.90 Å². The maximum Gasteiger partial charge on any atom is 0.339 e. The van der Waals surface area contributed by atoms with Gasteiger partial charge in [0.25, 0.3) is 0 Å². The Balaban J connectivity index is 1.36. The normalized spacial score (nSPS) is 10.9. The van der Waals surface area contributed by atoms with Crippen molar-refractivity contribution in [1.82, 2.24) is 0 Å². The molecule has 0 atom stereocenters. The molecule has 0 aliphatic heterocycles. The lowest BCUT2D eigenvalue weighted by Crippen LogP contribution is -1.99. The Hall–Kier alpha value is -4.16. The highest BCUT2D eigenvalue weighted by Crippen LogP contribution is 2.37. The van der Waals surface area contributed by atoms with Gasteiger partial charge in [-0.15, -0.1) is 0 Å². The van der Waals surface area contributed by atoms with E-state index in [9.17, 15) is 15.0 Å². The van der Waals surface area contributed by atoms with E-state index in [2.05, 4.69) is 16.9 Å². The summed E-state index contributed by atoms with van der Waals surface area (Å²) >= 11 is 1.29. The van der Waals surface area contributed by atoms with Crippen LogP contribution in [0.4, 0.5) is 5.69 Å². The van der Waals surface area contributed by atoms with Crippen LogP contribution in [0.15, 0.2) is 102 Å². The summed E-state index contributed by atoms with van der Waals surface area (Å²) in [6.45, 7) is 0. The van der Waals surface area contributed by atoms with Gasteiger partial charge in [0.2, 0.25) is 0 Å². The molecule has 5 aromatic carbocycles. The topological polar surface area (TPSA) is 78.8 Å². The van der Waals surface area contributed by atoms with Crippen LogP contribution in [0, 0.1) is 0 Å². The molecule has 0 saturated carbocycles. The maximum absolute atomic E-state index is 11.6. The van der Waals surface area contributed by atoms with Gasteiger partial charge in [-0.1, -0.05) is 60.7 Å². The first kappa shape index (κ1) is 20.7. The number of carbonyl (C=O) groups is 1. The predicted molar refractivity (Wildman–Crippen MR) is 133 cm³/mol. The average Bonchev–Trinajstić information content (AvgIpc) is 2.85. The van der Waals surface area contributed by atoms with E-state index in [4.69, 9.17) is 4.74 Å². The van der Waals surface area contributed by atoms with Crippen LogP contribution in [0.5, 0.6) is 17.2 Å². The Labute approximate surface area is 194 Å². The van der Waals surface area contributed by atoms with E-state index in [1.165, 1.54) is 18.0 Å². The lowest BCUT2D eigenvalue weighted by atomic mass is 10.1. The van der Waals surface area contributed by atoms with E-state index in [1.807, 2.05) is 66.7 Å². The minimum Gasteiger partial charge on any atom is -0.506 e. The summed E-state index contributed by atoms with van der Waals surface area (Å²) in [4.78, 5) is 12.3. The monoisotopic (exact) mass is 453 g/mol. The van der Waals surface area contributed by atoms with E-state index in [0.29, 0.717) is 16.0 Å². The molecular formula is C27H19NO4S. The number of carboxylic acids is 1. The maximum atomic E-state index is 11.6. The van der Waals surface area contributed by atoms with Crippen molar-refractivity contribution >= 4 is 45.1 Å². The van der Waals surface area contributed by atoms with Gasteiger partial charge in [0.05, 0.1) is 0 Å². The van der Waals surface area contributed by atoms with Crippen molar-refractivity contribution in [1.29, 1.82) is 0 Å². The van der Waals surface area contributed by atoms with E-state index < -0.39 is 5.97 Å². The highest BCUT2D eigenvalue weighted by atomic mass is 32.2. The first-order chi connectivity index (χ1) is 16.1. The van der Waals surface area contributed by atoms with Gasteiger partial charge in [-0.2, -0.15) is 0 Å². The molecule has 0 aromatic heterocycles. The van der Waals surface area contributed by atoms with Gasteiger partial charge < -0.3 is 19.7 Å². The Morgan fingerprint density at radius 2 is 1.45 bits per heavy atom. The van der Waals surface area contributed by atoms with Crippen LogP contribution in [0.25, 0.3) is 21.5 Å². The molecule has 5 nitrogen and oxygen atoms in total. The van der Waals surface area contributed by atoms with Crippen LogP contribution < -0.4 is 9.46 Å². The van der Waals surface area contributed by atoms with Crippen molar-refractivity contribution in [3.8, 4) is 17.2 Å². The minimum absolute atomic E-state index is 0.128. The number of benzene rings is 5. The number of fused-ring (bicyclic) bond motifs is 2. The van der Waals surface area contributed by atoms with Crippen molar-refractivity contribution in [2.75, 3.05) is 4.72 Å². The predicted octanol–water partition coefficient (Wildman–Crippen LogP) is 7.31. The van der Waals surface area contributed by atoms with Gasteiger partial charge >= 0.3 is 5.97 Å². The summed E-state index contributed by atoms with van der Waals surface area (Å²) in [6, 6.07) is 30.3. The third-order valence-corrected chi connectivity index (χ3v) is 6.21. The summed E-state index contributed by atoms with van der Waals surface area (Å²) < 4.78 is 9.34. The van der Waals surface area contributed by atoms with Crippen molar-refractivity contribution in [3.05, 3.63) is 103 Å². The molecular weight excluding hydrogens is 434 g/mol. The molecule has 0 fully saturated rings. The van der Waals surface area contributed by atoms with Gasteiger partial charge in [-0.25, -0.2) is 4.79 Å². The number of hydrogen-bond donors (Lipinski definition) is 3. The van der Waals surface area contributed by atoms with Gasteiger partial charge in [-0.05, 0) is 53.7 Å². The molecule has 0 aliphatic rings. The molecule has 162 valence electrons. The number of aromatic hydroxyl groups is 1. The van der Waals surface area contributed by atoms with Crippen LogP contribution >= 0.6 is 11.9 Å². The first-order valence-electron chi connectivity index (χ1n) is 10.3. The number of carboxylic acid groups (broad SMARTS) is 1. The molecule has 0 radical (unpaired) electrons. The fraction of sp³-hybridized carbons (Fsp3) is 0. The Kier molecular flexibility index (Phi) is 5.50. The van der Waals surface area contributed by atoms with Gasteiger partial charge in [0, 0.05) is 26.7 Å². The second-order valence-electron chi connectivity index (χ2n) is 7.43. The summed E-state index contributed by atoms with van der Waals surface area (Å²) in [5.74, 6) is 0.109. The molecule has 0 unspecified atom stereocenters. The zero-order valence-electron chi connectivity index (χ0n) is 17.4.